The Kier molecular flexibility index (Phi) is 7.14. The Labute approximate surface area is 156 Å². The predicted molar refractivity (Wildman–Crippen MR) is 98.1 cm³/mol. The van der Waals surface area contributed by atoms with Gasteiger partial charge >= 0.3 is 5.97 Å². The van der Waals surface area contributed by atoms with Crippen LogP contribution in [0.2, 0.25) is 0 Å². The van der Waals surface area contributed by atoms with Crippen molar-refractivity contribution < 1.29 is 23.7 Å². The molecule has 1 aromatic carbocycles. The highest BCUT2D eigenvalue weighted by Gasteiger charge is 2.19. The number of methoxy groups -OCH3 is 3. The van der Waals surface area contributed by atoms with Crippen molar-refractivity contribution in [3.8, 4) is 28.6 Å². The van der Waals surface area contributed by atoms with Gasteiger partial charge in [-0.2, -0.15) is 0 Å². The molecular weight excluding hydrogens is 358 g/mol. The number of thioether (sulfide) groups is 1. The largest absolute Gasteiger partial charge is 0.493 e. The van der Waals surface area contributed by atoms with Crippen molar-refractivity contribution in [1.29, 1.82) is 0 Å². The number of hydrogen-bond acceptors (Lipinski definition) is 8. The van der Waals surface area contributed by atoms with Crippen LogP contribution in [0.1, 0.15) is 13.8 Å². The Morgan fingerprint density at radius 1 is 1.08 bits per heavy atom. The van der Waals surface area contributed by atoms with Crippen LogP contribution in [-0.4, -0.2) is 54.4 Å². The molecule has 26 heavy (non-hydrogen) atoms. The van der Waals surface area contributed by atoms with Gasteiger partial charge in [0.15, 0.2) is 22.5 Å². The summed E-state index contributed by atoms with van der Waals surface area (Å²) >= 11 is 1.29. The second-order valence-corrected chi connectivity index (χ2v) is 6.00. The third kappa shape index (κ3) is 4.21. The van der Waals surface area contributed by atoms with Crippen LogP contribution < -0.4 is 14.2 Å². The standard InChI is InChI=1S/C17H23N3O5S/c1-6-20-16(18-19-17(20)26-10-14(21)25-7-2)11-8-12(22-3)15(24-5)13(9-11)23-4/h8-9H,6-7,10H2,1-5H3. The van der Waals surface area contributed by atoms with E-state index < -0.39 is 0 Å². The van der Waals surface area contributed by atoms with Gasteiger partial charge in [0, 0.05) is 12.1 Å². The minimum Gasteiger partial charge on any atom is -0.493 e. The predicted octanol–water partition coefficient (Wildman–Crippen LogP) is 2.65. The number of esters is 1. The number of carbonyl (C=O) groups is 1. The van der Waals surface area contributed by atoms with E-state index in [0.717, 1.165) is 5.56 Å². The summed E-state index contributed by atoms with van der Waals surface area (Å²) in [4.78, 5) is 11.6. The summed E-state index contributed by atoms with van der Waals surface area (Å²) in [5, 5.41) is 9.12. The summed E-state index contributed by atoms with van der Waals surface area (Å²) in [5.41, 5.74) is 0.775. The zero-order valence-electron chi connectivity index (χ0n) is 15.6. The molecule has 0 radical (unpaired) electrons. The fraction of sp³-hybridized carbons (Fsp3) is 0.471. The van der Waals surface area contributed by atoms with Crippen molar-refractivity contribution in [2.24, 2.45) is 0 Å². The van der Waals surface area contributed by atoms with Crippen LogP contribution in [0.3, 0.4) is 0 Å². The fourth-order valence-corrected chi connectivity index (χ4v) is 3.23. The molecule has 0 saturated carbocycles. The van der Waals surface area contributed by atoms with Gasteiger partial charge in [-0.3, -0.25) is 4.79 Å². The first-order chi connectivity index (χ1) is 12.6. The van der Waals surface area contributed by atoms with Crippen LogP contribution in [0.15, 0.2) is 17.3 Å². The summed E-state index contributed by atoms with van der Waals surface area (Å²) in [6.07, 6.45) is 0. The number of nitrogens with zero attached hydrogens (tertiary/aromatic N) is 3. The number of benzene rings is 1. The summed E-state index contributed by atoms with van der Waals surface area (Å²) in [7, 11) is 4.68. The van der Waals surface area contributed by atoms with E-state index in [-0.39, 0.29) is 11.7 Å². The molecule has 0 bridgehead atoms. The Morgan fingerprint density at radius 2 is 1.73 bits per heavy atom. The molecule has 142 valence electrons. The van der Waals surface area contributed by atoms with Gasteiger partial charge in [0.25, 0.3) is 0 Å². The van der Waals surface area contributed by atoms with E-state index in [4.69, 9.17) is 18.9 Å². The van der Waals surface area contributed by atoms with E-state index in [0.29, 0.717) is 41.4 Å². The lowest BCUT2D eigenvalue weighted by Crippen LogP contribution is -2.08. The van der Waals surface area contributed by atoms with Gasteiger partial charge in [-0.05, 0) is 26.0 Å². The van der Waals surface area contributed by atoms with Crippen LogP contribution in [0.4, 0.5) is 0 Å². The minimum absolute atomic E-state index is 0.182. The van der Waals surface area contributed by atoms with Gasteiger partial charge < -0.3 is 23.5 Å². The van der Waals surface area contributed by atoms with E-state index in [9.17, 15) is 4.79 Å². The number of aromatic nitrogens is 3. The average molecular weight is 381 g/mol. The molecule has 2 aromatic rings. The molecule has 0 spiro atoms. The number of hydrogen-bond donors (Lipinski definition) is 0. The maximum absolute atomic E-state index is 11.6. The molecule has 0 aliphatic carbocycles. The molecule has 0 amide bonds. The molecular formula is C17H23N3O5S. The Bertz CT molecular complexity index is 738. The molecule has 0 aliphatic rings. The van der Waals surface area contributed by atoms with Crippen LogP contribution >= 0.6 is 11.8 Å². The Morgan fingerprint density at radius 3 is 2.23 bits per heavy atom. The maximum Gasteiger partial charge on any atom is 0.316 e. The van der Waals surface area contributed by atoms with Crippen molar-refractivity contribution in [1.82, 2.24) is 14.8 Å². The summed E-state index contributed by atoms with van der Waals surface area (Å²) in [6, 6.07) is 3.63. The molecule has 0 atom stereocenters. The average Bonchev–Trinajstić information content (AvgIpc) is 3.08. The maximum atomic E-state index is 11.6. The van der Waals surface area contributed by atoms with Crippen LogP contribution in [0.25, 0.3) is 11.4 Å². The molecule has 2 rings (SSSR count). The molecule has 0 unspecified atom stereocenters. The summed E-state index contributed by atoms with van der Waals surface area (Å²) < 4.78 is 23.0. The SMILES string of the molecule is CCOC(=O)CSc1nnc(-c2cc(OC)c(OC)c(OC)c2)n1CC. The number of ether oxygens (including phenoxy) is 4. The Hall–Kier alpha value is -2.42. The molecule has 1 heterocycles. The van der Waals surface area contributed by atoms with Gasteiger partial charge in [-0.25, -0.2) is 0 Å². The normalized spacial score (nSPS) is 10.5. The van der Waals surface area contributed by atoms with Crippen molar-refractivity contribution in [2.75, 3.05) is 33.7 Å². The number of carbonyl (C=O) groups excluding carboxylic acids is 1. The van der Waals surface area contributed by atoms with Gasteiger partial charge in [-0.1, -0.05) is 11.8 Å². The molecule has 0 aliphatic heterocycles. The molecule has 0 saturated heterocycles. The summed E-state index contributed by atoms with van der Waals surface area (Å²) in [6.45, 7) is 4.76. The monoisotopic (exact) mass is 381 g/mol. The van der Waals surface area contributed by atoms with Gasteiger partial charge in [-0.15, -0.1) is 10.2 Å². The first kappa shape index (κ1) is 19.9. The minimum atomic E-state index is -0.280. The van der Waals surface area contributed by atoms with Gasteiger partial charge in [0.2, 0.25) is 5.75 Å². The number of rotatable bonds is 9. The first-order valence-electron chi connectivity index (χ1n) is 8.11. The zero-order valence-corrected chi connectivity index (χ0v) is 16.4. The molecule has 8 nitrogen and oxygen atoms in total. The molecule has 1 aromatic heterocycles. The van der Waals surface area contributed by atoms with E-state index >= 15 is 0 Å². The topological polar surface area (TPSA) is 84.7 Å². The highest BCUT2D eigenvalue weighted by molar-refractivity contribution is 7.99. The first-order valence-corrected chi connectivity index (χ1v) is 9.10. The van der Waals surface area contributed by atoms with Gasteiger partial charge in [0.1, 0.15) is 0 Å². The Balaban J connectivity index is 2.38. The van der Waals surface area contributed by atoms with Crippen LogP contribution in [-0.2, 0) is 16.1 Å². The highest BCUT2D eigenvalue weighted by atomic mass is 32.2. The highest BCUT2D eigenvalue weighted by Crippen LogP contribution is 2.41. The van der Waals surface area contributed by atoms with E-state index in [1.807, 2.05) is 23.6 Å². The van der Waals surface area contributed by atoms with E-state index in [1.54, 1.807) is 28.3 Å². The fourth-order valence-electron chi connectivity index (χ4n) is 2.43. The lowest BCUT2D eigenvalue weighted by molar-refractivity contribution is -0.139. The molecule has 0 N–H and O–H groups in total. The lowest BCUT2D eigenvalue weighted by Gasteiger charge is -2.14. The van der Waals surface area contributed by atoms with E-state index in [2.05, 4.69) is 10.2 Å². The van der Waals surface area contributed by atoms with Crippen LogP contribution in [0, 0.1) is 0 Å². The summed E-state index contributed by atoms with van der Waals surface area (Å²) in [5.74, 6) is 2.14. The van der Waals surface area contributed by atoms with Crippen LogP contribution in [0.5, 0.6) is 17.2 Å². The van der Waals surface area contributed by atoms with Gasteiger partial charge in [0.05, 0.1) is 33.7 Å². The van der Waals surface area contributed by atoms with Crippen molar-refractivity contribution in [3.63, 3.8) is 0 Å². The quantitative estimate of drug-likeness (QED) is 0.484. The van der Waals surface area contributed by atoms with Crippen molar-refractivity contribution >= 4 is 17.7 Å². The third-order valence-electron chi connectivity index (χ3n) is 3.58. The molecule has 9 heteroatoms. The lowest BCUT2D eigenvalue weighted by atomic mass is 10.1. The third-order valence-corrected chi connectivity index (χ3v) is 4.52. The second-order valence-electron chi connectivity index (χ2n) is 5.06. The second kappa shape index (κ2) is 9.33. The zero-order chi connectivity index (χ0) is 19.1. The van der Waals surface area contributed by atoms with Crippen molar-refractivity contribution in [3.05, 3.63) is 12.1 Å². The van der Waals surface area contributed by atoms with E-state index in [1.165, 1.54) is 11.8 Å². The van der Waals surface area contributed by atoms with Crippen molar-refractivity contribution in [2.45, 2.75) is 25.5 Å². The molecule has 0 fully saturated rings. The smallest absolute Gasteiger partial charge is 0.316 e.